The second-order valence-electron chi connectivity index (χ2n) is 5.98. The van der Waals surface area contributed by atoms with Crippen molar-refractivity contribution in [1.82, 2.24) is 19.6 Å². The summed E-state index contributed by atoms with van der Waals surface area (Å²) in [6.45, 7) is 3.78. The molecule has 1 unspecified atom stereocenters. The number of nitrogens with one attached hydrogen (secondary N) is 1. The van der Waals surface area contributed by atoms with Gasteiger partial charge in [-0.3, -0.25) is 9.20 Å². The molecule has 132 valence electrons. The van der Waals surface area contributed by atoms with E-state index in [0.717, 1.165) is 16.6 Å². The predicted molar refractivity (Wildman–Crippen MR) is 106 cm³/mol. The molecule has 1 N–H and O–H groups in total. The summed E-state index contributed by atoms with van der Waals surface area (Å²) in [7, 11) is 0. The summed E-state index contributed by atoms with van der Waals surface area (Å²) >= 11 is 13.6. The molecule has 0 radical (unpaired) electrons. The number of carbonyl (C=O) groups is 1. The first kappa shape index (κ1) is 17.4. The Morgan fingerprint density at radius 1 is 1.27 bits per heavy atom. The van der Waals surface area contributed by atoms with E-state index in [1.165, 1.54) is 11.8 Å². The summed E-state index contributed by atoms with van der Waals surface area (Å²) < 4.78 is 1.71. The topological polar surface area (TPSA) is 63.0 Å². The van der Waals surface area contributed by atoms with Gasteiger partial charge in [0.2, 0.25) is 0 Å². The van der Waals surface area contributed by atoms with Crippen molar-refractivity contribution in [2.45, 2.75) is 24.3 Å². The van der Waals surface area contributed by atoms with Crippen molar-refractivity contribution in [3.63, 3.8) is 0 Å². The first-order chi connectivity index (χ1) is 12.5. The first-order valence-electron chi connectivity index (χ1n) is 7.93. The van der Waals surface area contributed by atoms with E-state index in [9.17, 15) is 4.79 Å². The molecule has 3 aromatic heterocycles. The number of thioether (sulfide) groups is 1. The summed E-state index contributed by atoms with van der Waals surface area (Å²) in [5, 5.41) is 10.3. The Morgan fingerprint density at radius 2 is 2.04 bits per heavy atom. The van der Waals surface area contributed by atoms with Crippen LogP contribution in [0.1, 0.15) is 23.0 Å². The highest BCUT2D eigenvalue weighted by Gasteiger charge is 2.24. The number of hydrogen-bond acceptors (Lipinski definition) is 4. The zero-order valence-electron chi connectivity index (χ0n) is 14.0. The van der Waals surface area contributed by atoms with Gasteiger partial charge >= 0.3 is 0 Å². The van der Waals surface area contributed by atoms with E-state index in [2.05, 4.69) is 15.2 Å². The Bertz CT molecular complexity index is 1150. The van der Waals surface area contributed by atoms with E-state index < -0.39 is 0 Å². The fraction of sp³-hybridized carbons (Fsp3) is 0.167. The lowest BCUT2D eigenvalue weighted by Crippen LogP contribution is -2.15. The maximum Gasteiger partial charge on any atom is 0.196 e. The number of aromatic amines is 1. The molecule has 1 atom stereocenters. The van der Waals surface area contributed by atoms with Gasteiger partial charge in [0.15, 0.2) is 16.6 Å². The molecule has 0 bridgehead atoms. The van der Waals surface area contributed by atoms with E-state index in [1.54, 1.807) is 16.7 Å². The molecule has 0 saturated heterocycles. The molecular weight excluding hydrogens is 391 g/mol. The third kappa shape index (κ3) is 2.88. The molecule has 1 aromatic carbocycles. The molecular formula is C18H14Cl2N4OS. The van der Waals surface area contributed by atoms with Gasteiger partial charge in [-0.1, -0.05) is 53.2 Å². The van der Waals surface area contributed by atoms with E-state index in [-0.39, 0.29) is 11.0 Å². The van der Waals surface area contributed by atoms with Crippen LogP contribution in [0.15, 0.2) is 41.7 Å². The summed E-state index contributed by atoms with van der Waals surface area (Å²) in [5.74, 6) is 0.0369. The third-order valence-corrected chi connectivity index (χ3v) is 5.73. The number of benzene rings is 1. The van der Waals surface area contributed by atoms with Crippen LogP contribution in [0, 0.1) is 6.92 Å². The van der Waals surface area contributed by atoms with E-state index >= 15 is 0 Å². The molecule has 0 amide bonds. The number of aromatic nitrogens is 4. The second kappa shape index (κ2) is 6.61. The van der Waals surface area contributed by atoms with Crippen LogP contribution in [0.25, 0.3) is 16.6 Å². The van der Waals surface area contributed by atoms with Gasteiger partial charge in [0.25, 0.3) is 0 Å². The quantitative estimate of drug-likeness (QED) is 0.375. The van der Waals surface area contributed by atoms with Crippen molar-refractivity contribution in [3.05, 3.63) is 57.8 Å². The molecule has 3 heterocycles. The van der Waals surface area contributed by atoms with Gasteiger partial charge in [0.05, 0.1) is 15.3 Å². The fourth-order valence-corrected chi connectivity index (χ4v) is 4.38. The summed E-state index contributed by atoms with van der Waals surface area (Å²) in [5.41, 5.74) is 3.05. The van der Waals surface area contributed by atoms with Gasteiger partial charge in [-0.2, -0.15) is 0 Å². The van der Waals surface area contributed by atoms with Gasteiger partial charge in [-0.05, 0) is 26.0 Å². The lowest BCUT2D eigenvalue weighted by Gasteiger charge is -2.09. The number of H-pyrrole nitrogens is 1. The number of pyridine rings is 1. The minimum atomic E-state index is -0.349. The van der Waals surface area contributed by atoms with Crippen molar-refractivity contribution in [2.24, 2.45) is 0 Å². The monoisotopic (exact) mass is 404 g/mol. The lowest BCUT2D eigenvalue weighted by molar-refractivity contribution is 0.0995. The fourth-order valence-electron chi connectivity index (χ4n) is 2.99. The van der Waals surface area contributed by atoms with Crippen molar-refractivity contribution in [1.29, 1.82) is 0 Å². The van der Waals surface area contributed by atoms with Gasteiger partial charge in [0.1, 0.15) is 0 Å². The number of rotatable bonds is 4. The standard InChI is InChI=1S/C18H14Cl2N4OS/c1-9-15(12-5-3-4-6-14(12)21-9)16(25)10(2)26-18-23-22-17-13(20)7-11(19)8-24(17)18/h3-8,10,21H,1-2H3. The van der Waals surface area contributed by atoms with E-state index in [1.807, 2.05) is 38.1 Å². The number of Topliss-reactive ketones (excluding diaryl/α,β-unsaturated/α-hetero) is 1. The number of halogens is 2. The Kier molecular flexibility index (Phi) is 4.42. The predicted octanol–water partition coefficient (Wildman–Crippen LogP) is 5.19. The van der Waals surface area contributed by atoms with Crippen LogP contribution in [0.4, 0.5) is 0 Å². The molecule has 0 fully saturated rings. The molecule has 0 aliphatic rings. The van der Waals surface area contributed by atoms with Crippen molar-refractivity contribution in [2.75, 3.05) is 0 Å². The Labute approximate surface area is 163 Å². The smallest absolute Gasteiger partial charge is 0.196 e. The summed E-state index contributed by atoms with van der Waals surface area (Å²) in [6, 6.07) is 9.41. The number of ketones is 1. The van der Waals surface area contributed by atoms with Gasteiger partial charge < -0.3 is 4.98 Å². The molecule has 0 aliphatic heterocycles. The molecule has 8 heteroatoms. The average molecular weight is 405 g/mol. The third-order valence-electron chi connectivity index (χ3n) is 4.19. The second-order valence-corrected chi connectivity index (χ2v) is 8.13. The normalized spacial score (nSPS) is 12.8. The Morgan fingerprint density at radius 3 is 2.85 bits per heavy atom. The van der Waals surface area contributed by atoms with Crippen molar-refractivity contribution < 1.29 is 4.79 Å². The van der Waals surface area contributed by atoms with Crippen LogP contribution >= 0.6 is 35.0 Å². The van der Waals surface area contributed by atoms with E-state index in [0.29, 0.717) is 26.4 Å². The van der Waals surface area contributed by atoms with Crippen LogP contribution in [0.2, 0.25) is 10.0 Å². The van der Waals surface area contributed by atoms with Gasteiger partial charge in [-0.15, -0.1) is 10.2 Å². The van der Waals surface area contributed by atoms with Gasteiger partial charge in [0, 0.05) is 28.4 Å². The molecule has 0 spiro atoms. The number of aryl methyl sites for hydroxylation is 1. The van der Waals surface area contributed by atoms with Crippen LogP contribution in [-0.2, 0) is 0 Å². The molecule has 4 rings (SSSR count). The highest BCUT2D eigenvalue weighted by atomic mass is 35.5. The number of para-hydroxylation sites is 1. The number of hydrogen-bond donors (Lipinski definition) is 1. The highest BCUT2D eigenvalue weighted by molar-refractivity contribution is 8.00. The maximum atomic E-state index is 13.1. The molecule has 4 aromatic rings. The van der Waals surface area contributed by atoms with Crippen LogP contribution < -0.4 is 0 Å². The largest absolute Gasteiger partial charge is 0.358 e. The minimum absolute atomic E-state index is 0.0369. The van der Waals surface area contributed by atoms with E-state index in [4.69, 9.17) is 23.2 Å². The summed E-state index contributed by atoms with van der Waals surface area (Å²) in [6.07, 6.45) is 1.69. The Hall–Kier alpha value is -2.02. The molecule has 5 nitrogen and oxygen atoms in total. The van der Waals surface area contributed by atoms with Crippen molar-refractivity contribution >= 4 is 57.3 Å². The zero-order chi connectivity index (χ0) is 18.4. The number of fused-ring (bicyclic) bond motifs is 2. The highest BCUT2D eigenvalue weighted by Crippen LogP contribution is 2.31. The zero-order valence-corrected chi connectivity index (χ0v) is 16.3. The molecule has 0 saturated carbocycles. The lowest BCUT2D eigenvalue weighted by atomic mass is 10.1. The van der Waals surface area contributed by atoms with Crippen LogP contribution in [0.3, 0.4) is 0 Å². The SMILES string of the molecule is Cc1[nH]c2ccccc2c1C(=O)C(C)Sc1nnc2c(Cl)cc(Cl)cn12. The van der Waals surface area contributed by atoms with Crippen LogP contribution in [0.5, 0.6) is 0 Å². The Balaban J connectivity index is 1.69. The molecule has 0 aliphatic carbocycles. The molecule has 26 heavy (non-hydrogen) atoms. The van der Waals surface area contributed by atoms with Crippen molar-refractivity contribution in [3.8, 4) is 0 Å². The maximum absolute atomic E-state index is 13.1. The number of nitrogens with zero attached hydrogens (tertiary/aromatic N) is 3. The number of carbonyl (C=O) groups excluding carboxylic acids is 1. The van der Waals surface area contributed by atoms with Gasteiger partial charge in [-0.25, -0.2) is 0 Å². The minimum Gasteiger partial charge on any atom is -0.358 e. The first-order valence-corrected chi connectivity index (χ1v) is 9.57. The average Bonchev–Trinajstić information content (AvgIpc) is 3.14. The van der Waals surface area contributed by atoms with Crippen LogP contribution in [-0.4, -0.2) is 30.6 Å². The summed E-state index contributed by atoms with van der Waals surface area (Å²) in [4.78, 5) is 16.4.